The molecular weight excluding hydrogens is 388 g/mol. The van der Waals surface area contributed by atoms with Gasteiger partial charge in [-0.3, -0.25) is 14.0 Å². The Hall–Kier alpha value is -3.93. The number of amides is 2. The lowest BCUT2D eigenvalue weighted by atomic mass is 10.1. The Morgan fingerprint density at radius 1 is 0.935 bits per heavy atom. The smallest absolute Gasteiger partial charge is 0.251 e. The van der Waals surface area contributed by atoms with Gasteiger partial charge in [-0.25, -0.2) is 4.98 Å². The van der Waals surface area contributed by atoms with Crippen molar-refractivity contribution in [2.45, 2.75) is 19.8 Å². The first kappa shape index (κ1) is 20.3. The van der Waals surface area contributed by atoms with Crippen LogP contribution in [0.2, 0.25) is 0 Å². The number of anilines is 1. The van der Waals surface area contributed by atoms with Crippen LogP contribution in [0.4, 0.5) is 5.82 Å². The molecule has 6 heteroatoms. The number of carbonyl (C=O) groups is 2. The molecule has 0 saturated carbocycles. The van der Waals surface area contributed by atoms with Crippen LogP contribution < -0.4 is 10.6 Å². The molecule has 2 N–H and O–H groups in total. The molecule has 2 aromatic heterocycles. The summed E-state index contributed by atoms with van der Waals surface area (Å²) in [6, 6.07) is 22.8. The van der Waals surface area contributed by atoms with Gasteiger partial charge in [0.2, 0.25) is 5.91 Å². The molecule has 0 bridgehead atoms. The van der Waals surface area contributed by atoms with E-state index in [9.17, 15) is 9.59 Å². The summed E-state index contributed by atoms with van der Waals surface area (Å²) in [6.07, 6.45) is 2.74. The van der Waals surface area contributed by atoms with Crippen LogP contribution in [0.5, 0.6) is 0 Å². The third kappa shape index (κ3) is 4.64. The van der Waals surface area contributed by atoms with Crippen LogP contribution >= 0.6 is 0 Å². The molecule has 0 aliphatic carbocycles. The van der Waals surface area contributed by atoms with Crippen LogP contribution in [0.1, 0.15) is 28.8 Å². The molecule has 156 valence electrons. The number of aryl methyl sites for hydroxylation is 1. The van der Waals surface area contributed by atoms with E-state index in [1.54, 1.807) is 12.1 Å². The number of fused-ring (bicyclic) bond motifs is 1. The third-order valence-electron chi connectivity index (χ3n) is 5.05. The maximum Gasteiger partial charge on any atom is 0.251 e. The predicted molar refractivity (Wildman–Crippen MR) is 122 cm³/mol. The van der Waals surface area contributed by atoms with Crippen molar-refractivity contribution in [1.82, 2.24) is 14.7 Å². The normalized spacial score (nSPS) is 10.7. The zero-order valence-electron chi connectivity index (χ0n) is 17.3. The lowest BCUT2D eigenvalue weighted by molar-refractivity contribution is -0.116. The van der Waals surface area contributed by atoms with Crippen molar-refractivity contribution < 1.29 is 9.59 Å². The fourth-order valence-corrected chi connectivity index (χ4v) is 3.46. The molecule has 0 unspecified atom stereocenters. The molecule has 4 aromatic rings. The summed E-state index contributed by atoms with van der Waals surface area (Å²) in [7, 11) is 0. The minimum atomic E-state index is -0.135. The molecular formula is C25H24N4O2. The Bertz CT molecular complexity index is 1200. The van der Waals surface area contributed by atoms with Crippen LogP contribution in [0.15, 0.2) is 79.0 Å². The van der Waals surface area contributed by atoms with E-state index in [4.69, 9.17) is 4.98 Å². The maximum atomic E-state index is 12.7. The van der Waals surface area contributed by atoms with E-state index in [1.165, 1.54) is 0 Å². The summed E-state index contributed by atoms with van der Waals surface area (Å²) in [6.45, 7) is 2.43. The van der Waals surface area contributed by atoms with Crippen LogP contribution in [0.3, 0.4) is 0 Å². The van der Waals surface area contributed by atoms with Crippen molar-refractivity contribution >= 4 is 23.3 Å². The van der Waals surface area contributed by atoms with Gasteiger partial charge >= 0.3 is 0 Å². The van der Waals surface area contributed by atoms with Crippen LogP contribution in [0.25, 0.3) is 16.9 Å². The van der Waals surface area contributed by atoms with Crippen LogP contribution in [-0.2, 0) is 4.79 Å². The van der Waals surface area contributed by atoms with E-state index in [0.717, 1.165) is 22.5 Å². The van der Waals surface area contributed by atoms with Gasteiger partial charge in [-0.2, -0.15) is 0 Å². The van der Waals surface area contributed by atoms with Gasteiger partial charge in [0.15, 0.2) is 0 Å². The Morgan fingerprint density at radius 3 is 2.39 bits per heavy atom. The second-order valence-corrected chi connectivity index (χ2v) is 7.33. The predicted octanol–water partition coefficient (Wildman–Crippen LogP) is 4.46. The monoisotopic (exact) mass is 412 g/mol. The highest BCUT2D eigenvalue weighted by molar-refractivity contribution is 5.95. The zero-order chi connectivity index (χ0) is 21.6. The Kier molecular flexibility index (Phi) is 6.08. The number of benzene rings is 2. The van der Waals surface area contributed by atoms with Gasteiger partial charge in [0, 0.05) is 30.3 Å². The van der Waals surface area contributed by atoms with Crippen molar-refractivity contribution in [3.05, 3.63) is 90.1 Å². The lowest BCUT2D eigenvalue weighted by Gasteiger charge is -2.09. The first-order valence-electron chi connectivity index (χ1n) is 10.3. The highest BCUT2D eigenvalue weighted by Gasteiger charge is 2.17. The summed E-state index contributed by atoms with van der Waals surface area (Å²) in [5.74, 6) is 0.405. The summed E-state index contributed by atoms with van der Waals surface area (Å²) in [5, 5.41) is 5.88. The minimum Gasteiger partial charge on any atom is -0.352 e. The van der Waals surface area contributed by atoms with Gasteiger partial charge in [-0.05, 0) is 37.1 Å². The molecule has 6 nitrogen and oxygen atoms in total. The second kappa shape index (κ2) is 9.26. The number of imidazole rings is 1. The van der Waals surface area contributed by atoms with Crippen molar-refractivity contribution in [3.63, 3.8) is 0 Å². The first-order valence-corrected chi connectivity index (χ1v) is 10.3. The van der Waals surface area contributed by atoms with Gasteiger partial charge in [0.1, 0.15) is 17.2 Å². The molecule has 0 aliphatic heterocycles. The molecule has 4 rings (SSSR count). The van der Waals surface area contributed by atoms with Gasteiger partial charge in [-0.1, -0.05) is 54.6 Å². The Morgan fingerprint density at radius 2 is 1.65 bits per heavy atom. The number of rotatable bonds is 7. The van der Waals surface area contributed by atoms with Gasteiger partial charge < -0.3 is 10.6 Å². The van der Waals surface area contributed by atoms with Gasteiger partial charge in [0.25, 0.3) is 5.91 Å². The number of hydrogen-bond donors (Lipinski definition) is 2. The number of hydrogen-bond acceptors (Lipinski definition) is 3. The molecule has 2 amide bonds. The van der Waals surface area contributed by atoms with Crippen LogP contribution in [0, 0.1) is 6.92 Å². The molecule has 0 fully saturated rings. The van der Waals surface area contributed by atoms with E-state index in [2.05, 4.69) is 10.6 Å². The van der Waals surface area contributed by atoms with E-state index in [0.29, 0.717) is 30.8 Å². The van der Waals surface area contributed by atoms with Crippen molar-refractivity contribution in [1.29, 1.82) is 0 Å². The molecule has 0 aliphatic rings. The SMILES string of the molecule is Cc1cccn2c(NC(=O)CCCNC(=O)c3ccccc3)c(-c3ccccc3)nc12. The Labute approximate surface area is 180 Å². The average molecular weight is 412 g/mol. The summed E-state index contributed by atoms with van der Waals surface area (Å²) < 4.78 is 1.91. The standard InChI is InChI=1S/C25H24N4O2/c1-18-10-9-17-29-23(18)28-22(19-11-4-2-5-12-19)24(29)27-21(30)15-8-16-26-25(31)20-13-6-3-7-14-20/h2-7,9-14,17H,8,15-16H2,1H3,(H,26,31)(H,27,30). The fraction of sp³-hybridized carbons (Fsp3) is 0.160. The lowest BCUT2D eigenvalue weighted by Crippen LogP contribution is -2.25. The molecule has 0 radical (unpaired) electrons. The van der Waals surface area contributed by atoms with Gasteiger partial charge in [0.05, 0.1) is 0 Å². The first-order chi connectivity index (χ1) is 15.1. The third-order valence-corrected chi connectivity index (χ3v) is 5.05. The van der Waals surface area contributed by atoms with Crippen molar-refractivity contribution in [2.75, 3.05) is 11.9 Å². The molecule has 2 aromatic carbocycles. The van der Waals surface area contributed by atoms with Crippen LogP contribution in [-0.4, -0.2) is 27.7 Å². The topological polar surface area (TPSA) is 75.5 Å². The molecule has 0 saturated heterocycles. The fourth-order valence-electron chi connectivity index (χ4n) is 3.46. The number of aromatic nitrogens is 2. The zero-order valence-corrected chi connectivity index (χ0v) is 17.3. The largest absolute Gasteiger partial charge is 0.352 e. The van der Waals surface area contributed by atoms with E-state index < -0.39 is 0 Å². The number of carbonyl (C=O) groups excluding carboxylic acids is 2. The molecule has 2 heterocycles. The molecule has 0 atom stereocenters. The van der Waals surface area contributed by atoms with Gasteiger partial charge in [-0.15, -0.1) is 0 Å². The second-order valence-electron chi connectivity index (χ2n) is 7.33. The molecule has 0 spiro atoms. The summed E-state index contributed by atoms with van der Waals surface area (Å²) >= 11 is 0. The summed E-state index contributed by atoms with van der Waals surface area (Å²) in [5.41, 5.74) is 4.13. The quantitative estimate of drug-likeness (QED) is 0.440. The van der Waals surface area contributed by atoms with Crippen molar-refractivity contribution in [2.24, 2.45) is 0 Å². The van der Waals surface area contributed by atoms with E-state index in [-0.39, 0.29) is 11.8 Å². The number of pyridine rings is 1. The minimum absolute atomic E-state index is 0.116. The highest BCUT2D eigenvalue weighted by Crippen LogP contribution is 2.29. The number of nitrogens with one attached hydrogen (secondary N) is 2. The molecule has 31 heavy (non-hydrogen) atoms. The number of nitrogens with zero attached hydrogens (tertiary/aromatic N) is 2. The Balaban J connectivity index is 1.44. The van der Waals surface area contributed by atoms with E-state index in [1.807, 2.05) is 78.2 Å². The summed E-state index contributed by atoms with van der Waals surface area (Å²) in [4.78, 5) is 29.6. The highest BCUT2D eigenvalue weighted by atomic mass is 16.2. The van der Waals surface area contributed by atoms with E-state index >= 15 is 0 Å². The maximum absolute atomic E-state index is 12.7. The van der Waals surface area contributed by atoms with Crippen molar-refractivity contribution in [3.8, 4) is 11.3 Å². The average Bonchev–Trinajstić information content (AvgIpc) is 3.17.